The summed E-state index contributed by atoms with van der Waals surface area (Å²) in [6, 6.07) is 3.50. The first-order chi connectivity index (χ1) is 15.5. The molecular weight excluding hydrogens is 414 g/mol. The second kappa shape index (κ2) is 9.74. The molecule has 0 aliphatic carbocycles. The van der Waals surface area contributed by atoms with Gasteiger partial charge in [-0.1, -0.05) is 45.1 Å². The highest BCUT2D eigenvalue weighted by atomic mass is 16.3. The standard InChI is InChI=1S/C27H39N3O3/c1-8-27(6,12-11-22(32)16(2)3)20-9-10-21-23-18(14-28-24(20)23)13-19(15-31)29-26(33)25(17(4)5)30(21)7/h8-10,14,17,19,22,25,28,31-32H,1-2,11-13,15H2,3-7H3,(H,29,33)/t19-,22?,25-,27-/m0/s1. The van der Waals surface area contributed by atoms with Crippen molar-refractivity contribution >= 4 is 22.5 Å². The van der Waals surface area contributed by atoms with Crippen molar-refractivity contribution in [3.63, 3.8) is 0 Å². The number of anilines is 1. The first-order valence-electron chi connectivity index (χ1n) is 11.8. The predicted octanol–water partition coefficient (Wildman–Crippen LogP) is 3.82. The van der Waals surface area contributed by atoms with Gasteiger partial charge in [0.25, 0.3) is 0 Å². The number of rotatable bonds is 8. The molecule has 6 nitrogen and oxygen atoms in total. The van der Waals surface area contributed by atoms with Gasteiger partial charge >= 0.3 is 0 Å². The Morgan fingerprint density at radius 3 is 2.67 bits per heavy atom. The zero-order chi connectivity index (χ0) is 24.5. The lowest BCUT2D eigenvalue weighted by Crippen LogP contribution is -2.52. The number of nitrogens with zero attached hydrogens (tertiary/aromatic N) is 1. The molecule has 0 radical (unpaired) electrons. The Labute approximate surface area is 197 Å². The van der Waals surface area contributed by atoms with Crippen molar-refractivity contribution in [3.8, 4) is 0 Å². The van der Waals surface area contributed by atoms with Crippen LogP contribution in [0.3, 0.4) is 0 Å². The minimum Gasteiger partial charge on any atom is -0.394 e. The number of nitrogens with one attached hydrogen (secondary N) is 2. The molecule has 1 aromatic heterocycles. The van der Waals surface area contributed by atoms with E-state index < -0.39 is 6.10 Å². The highest BCUT2D eigenvalue weighted by molar-refractivity contribution is 6.00. The van der Waals surface area contributed by atoms with E-state index in [9.17, 15) is 15.0 Å². The molecule has 4 atom stereocenters. The number of allylic oxidation sites excluding steroid dienone is 1. The van der Waals surface area contributed by atoms with E-state index in [2.05, 4.69) is 47.4 Å². The minimum atomic E-state index is -0.548. The Morgan fingerprint density at radius 2 is 2.09 bits per heavy atom. The largest absolute Gasteiger partial charge is 0.394 e. The summed E-state index contributed by atoms with van der Waals surface area (Å²) in [4.78, 5) is 18.6. The zero-order valence-electron chi connectivity index (χ0n) is 20.6. The molecule has 2 heterocycles. The number of aliphatic hydroxyl groups is 2. The average molecular weight is 454 g/mol. The molecule has 0 fully saturated rings. The lowest BCUT2D eigenvalue weighted by Gasteiger charge is -2.34. The molecule has 1 aromatic carbocycles. The molecule has 0 spiro atoms. The third-order valence-corrected chi connectivity index (χ3v) is 7.20. The van der Waals surface area contributed by atoms with Gasteiger partial charge in [-0.25, -0.2) is 0 Å². The van der Waals surface area contributed by atoms with Gasteiger partial charge in [-0.3, -0.25) is 4.79 Å². The molecule has 1 amide bonds. The number of aromatic nitrogens is 1. The second-order valence-corrected chi connectivity index (χ2v) is 10.1. The number of H-pyrrole nitrogens is 1. The Hall–Kier alpha value is -2.57. The van der Waals surface area contributed by atoms with Crippen LogP contribution in [-0.2, 0) is 16.6 Å². The molecule has 4 N–H and O–H groups in total. The molecule has 1 unspecified atom stereocenters. The van der Waals surface area contributed by atoms with Crippen LogP contribution in [0, 0.1) is 5.92 Å². The fraction of sp³-hybridized carbons (Fsp3) is 0.519. The summed E-state index contributed by atoms with van der Waals surface area (Å²) in [5, 5.41) is 24.4. The summed E-state index contributed by atoms with van der Waals surface area (Å²) in [6.45, 7) is 15.9. The normalized spacial score (nSPS) is 21.7. The van der Waals surface area contributed by atoms with E-state index in [1.165, 1.54) is 0 Å². The highest BCUT2D eigenvalue weighted by Gasteiger charge is 2.34. The predicted molar refractivity (Wildman–Crippen MR) is 136 cm³/mol. The first-order valence-corrected chi connectivity index (χ1v) is 11.8. The van der Waals surface area contributed by atoms with Crippen LogP contribution in [0.5, 0.6) is 0 Å². The molecule has 0 saturated carbocycles. The van der Waals surface area contributed by atoms with Crippen LogP contribution in [0.4, 0.5) is 5.69 Å². The lowest BCUT2D eigenvalue weighted by atomic mass is 9.76. The molecule has 0 saturated heterocycles. The maximum atomic E-state index is 13.1. The van der Waals surface area contributed by atoms with Gasteiger partial charge in [0.1, 0.15) is 6.04 Å². The Bertz CT molecular complexity index is 1040. The average Bonchev–Trinajstić information content (AvgIpc) is 3.19. The van der Waals surface area contributed by atoms with Gasteiger partial charge in [-0.15, -0.1) is 6.58 Å². The fourth-order valence-electron chi connectivity index (χ4n) is 5.05. The van der Waals surface area contributed by atoms with Crippen LogP contribution >= 0.6 is 0 Å². The van der Waals surface area contributed by atoms with Crippen molar-refractivity contribution in [2.45, 2.75) is 70.6 Å². The number of carbonyl (C=O) groups excluding carboxylic acids is 1. The molecular formula is C27H39N3O3. The SMILES string of the molecule is C=C[C@@](C)(CCC(O)C(=C)C)c1ccc2c3c(c[nH]c13)C[C@@H](CO)NC(=O)[C@H](C(C)C)N2C. The number of hydrogen-bond donors (Lipinski definition) is 4. The van der Waals surface area contributed by atoms with E-state index in [1.54, 1.807) is 0 Å². The van der Waals surface area contributed by atoms with E-state index in [0.29, 0.717) is 12.8 Å². The first kappa shape index (κ1) is 25.1. The van der Waals surface area contributed by atoms with E-state index in [4.69, 9.17) is 0 Å². The molecule has 3 rings (SSSR count). The minimum absolute atomic E-state index is 0.0670. The summed E-state index contributed by atoms with van der Waals surface area (Å²) >= 11 is 0. The summed E-state index contributed by atoms with van der Waals surface area (Å²) in [7, 11) is 1.96. The van der Waals surface area contributed by atoms with Gasteiger partial charge in [-0.05, 0) is 49.3 Å². The number of benzene rings is 1. The van der Waals surface area contributed by atoms with Crippen molar-refractivity contribution in [2.75, 3.05) is 18.6 Å². The van der Waals surface area contributed by atoms with E-state index in [-0.39, 0.29) is 35.9 Å². The maximum Gasteiger partial charge on any atom is 0.243 e. The van der Waals surface area contributed by atoms with Gasteiger partial charge in [-0.2, -0.15) is 0 Å². The molecule has 33 heavy (non-hydrogen) atoms. The van der Waals surface area contributed by atoms with Crippen LogP contribution in [0.1, 0.15) is 51.7 Å². The van der Waals surface area contributed by atoms with Crippen molar-refractivity contribution in [3.05, 3.63) is 54.3 Å². The number of hydrogen-bond acceptors (Lipinski definition) is 4. The maximum absolute atomic E-state index is 13.1. The smallest absolute Gasteiger partial charge is 0.243 e. The van der Waals surface area contributed by atoms with Crippen LogP contribution in [0.2, 0.25) is 0 Å². The van der Waals surface area contributed by atoms with Crippen molar-refractivity contribution < 1.29 is 15.0 Å². The monoisotopic (exact) mass is 453 g/mol. The van der Waals surface area contributed by atoms with Gasteiger partial charge in [0.05, 0.1) is 24.3 Å². The number of aromatic amines is 1. The summed E-state index contributed by atoms with van der Waals surface area (Å²) in [5.41, 5.74) is 4.56. The fourth-order valence-corrected chi connectivity index (χ4v) is 5.05. The Balaban J connectivity index is 2.17. The van der Waals surface area contributed by atoms with Gasteiger partial charge < -0.3 is 25.4 Å². The number of aliphatic hydroxyl groups excluding tert-OH is 2. The molecule has 2 aromatic rings. The third-order valence-electron chi connectivity index (χ3n) is 7.20. The van der Waals surface area contributed by atoms with Crippen LogP contribution in [-0.4, -0.2) is 52.9 Å². The van der Waals surface area contributed by atoms with E-state index in [1.807, 2.05) is 40.1 Å². The van der Waals surface area contributed by atoms with Crippen LogP contribution < -0.4 is 10.2 Å². The second-order valence-electron chi connectivity index (χ2n) is 10.1. The molecule has 1 aliphatic heterocycles. The highest BCUT2D eigenvalue weighted by Crippen LogP contribution is 2.41. The van der Waals surface area contributed by atoms with Crippen molar-refractivity contribution in [2.24, 2.45) is 5.92 Å². The lowest BCUT2D eigenvalue weighted by molar-refractivity contribution is -0.124. The third kappa shape index (κ3) is 4.73. The molecule has 180 valence electrons. The van der Waals surface area contributed by atoms with Crippen LogP contribution in [0.15, 0.2) is 43.1 Å². The topological polar surface area (TPSA) is 88.6 Å². The summed E-state index contributed by atoms with van der Waals surface area (Å²) in [6.07, 6.45) is 5.24. The zero-order valence-corrected chi connectivity index (χ0v) is 20.6. The van der Waals surface area contributed by atoms with Crippen LogP contribution in [0.25, 0.3) is 10.9 Å². The Morgan fingerprint density at radius 1 is 1.39 bits per heavy atom. The van der Waals surface area contributed by atoms with Crippen molar-refractivity contribution in [1.29, 1.82) is 0 Å². The van der Waals surface area contributed by atoms with Crippen molar-refractivity contribution in [1.82, 2.24) is 10.3 Å². The molecule has 0 bridgehead atoms. The Kier molecular flexibility index (Phi) is 7.39. The van der Waals surface area contributed by atoms with E-state index >= 15 is 0 Å². The van der Waals surface area contributed by atoms with Gasteiger partial charge in [0, 0.05) is 29.7 Å². The van der Waals surface area contributed by atoms with Gasteiger partial charge in [0.15, 0.2) is 0 Å². The summed E-state index contributed by atoms with van der Waals surface area (Å²) in [5.74, 6) is 0.0225. The molecule has 1 aliphatic rings. The van der Waals surface area contributed by atoms with E-state index in [0.717, 1.165) is 39.7 Å². The molecule has 6 heteroatoms. The number of likely N-dealkylation sites (N-methyl/N-ethyl adjacent to an activating group) is 1. The quantitative estimate of drug-likeness (QED) is 0.458. The summed E-state index contributed by atoms with van der Waals surface area (Å²) < 4.78 is 0. The van der Waals surface area contributed by atoms with Gasteiger partial charge in [0.2, 0.25) is 5.91 Å². The number of carbonyl (C=O) groups is 1. The number of amides is 1.